The van der Waals surface area contributed by atoms with Gasteiger partial charge in [0.2, 0.25) is 0 Å². The highest BCUT2D eigenvalue weighted by atomic mass is 32.2. The van der Waals surface area contributed by atoms with Gasteiger partial charge in [0.15, 0.2) is 5.75 Å². The van der Waals surface area contributed by atoms with E-state index in [-0.39, 0.29) is 5.39 Å². The second-order valence-corrected chi connectivity index (χ2v) is 5.49. The molecule has 6 heteroatoms. The normalized spacial score (nSPS) is 12.1. The molecule has 1 aromatic heterocycles. The molecule has 0 fully saturated rings. The average Bonchev–Trinajstić information content (AvgIpc) is 2.37. The first-order valence-electron chi connectivity index (χ1n) is 5.45. The van der Waals surface area contributed by atoms with Crippen LogP contribution >= 0.6 is 0 Å². The fourth-order valence-corrected chi connectivity index (χ4v) is 2.97. The summed E-state index contributed by atoms with van der Waals surface area (Å²) in [5.74, 6) is -0.564. The molecule has 19 heavy (non-hydrogen) atoms. The summed E-state index contributed by atoms with van der Waals surface area (Å²) in [7, 11) is -4.54. The van der Waals surface area contributed by atoms with Crippen LogP contribution in [0.2, 0.25) is 0 Å². The summed E-state index contributed by atoms with van der Waals surface area (Å²) in [6.45, 7) is 0. The third-order valence-electron chi connectivity index (χ3n) is 2.95. The van der Waals surface area contributed by atoms with Gasteiger partial charge in [0, 0.05) is 5.39 Å². The van der Waals surface area contributed by atoms with Crippen molar-refractivity contribution in [2.24, 2.45) is 0 Å². The minimum Gasteiger partial charge on any atom is -0.505 e. The Kier molecular flexibility index (Phi) is 2.44. The third kappa shape index (κ3) is 1.81. The van der Waals surface area contributed by atoms with Crippen LogP contribution in [0.5, 0.6) is 5.75 Å². The number of fused-ring (bicyclic) bond motifs is 3. The van der Waals surface area contributed by atoms with E-state index in [1.54, 1.807) is 24.3 Å². The van der Waals surface area contributed by atoms with Gasteiger partial charge in [0.05, 0.1) is 11.7 Å². The summed E-state index contributed by atoms with van der Waals surface area (Å²) in [6, 6.07) is 10.5. The molecule has 3 rings (SSSR count). The summed E-state index contributed by atoms with van der Waals surface area (Å²) >= 11 is 0. The Labute approximate surface area is 108 Å². The van der Waals surface area contributed by atoms with Crippen LogP contribution in [0.1, 0.15) is 0 Å². The Bertz CT molecular complexity index is 903. The van der Waals surface area contributed by atoms with Crippen molar-refractivity contribution in [3.8, 4) is 5.75 Å². The molecule has 2 N–H and O–H groups in total. The van der Waals surface area contributed by atoms with E-state index in [2.05, 4.69) is 4.98 Å². The second kappa shape index (κ2) is 3.91. The molecular formula is C13H9NO4S. The lowest BCUT2D eigenvalue weighted by atomic mass is 10.1. The first kappa shape index (κ1) is 11.9. The van der Waals surface area contributed by atoms with Gasteiger partial charge in [-0.2, -0.15) is 8.42 Å². The number of aromatic nitrogens is 1. The summed E-state index contributed by atoms with van der Waals surface area (Å²) in [5.41, 5.74) is 0.393. The molecule has 96 valence electrons. The second-order valence-electron chi connectivity index (χ2n) is 4.13. The van der Waals surface area contributed by atoms with Gasteiger partial charge in [-0.15, -0.1) is 0 Å². The van der Waals surface area contributed by atoms with Crippen molar-refractivity contribution in [2.45, 2.75) is 4.90 Å². The molecule has 0 radical (unpaired) electrons. The van der Waals surface area contributed by atoms with E-state index >= 15 is 0 Å². The van der Waals surface area contributed by atoms with E-state index in [0.717, 1.165) is 11.6 Å². The van der Waals surface area contributed by atoms with Crippen LogP contribution < -0.4 is 0 Å². The van der Waals surface area contributed by atoms with Crippen LogP contribution in [0.25, 0.3) is 21.7 Å². The molecule has 0 amide bonds. The van der Waals surface area contributed by atoms with Gasteiger partial charge in [0.25, 0.3) is 10.1 Å². The van der Waals surface area contributed by atoms with Crippen molar-refractivity contribution in [3.63, 3.8) is 0 Å². The molecule has 0 spiro atoms. The van der Waals surface area contributed by atoms with E-state index in [9.17, 15) is 18.1 Å². The zero-order chi connectivity index (χ0) is 13.6. The average molecular weight is 275 g/mol. The highest BCUT2D eigenvalue weighted by molar-refractivity contribution is 7.86. The quantitative estimate of drug-likeness (QED) is 0.525. The predicted octanol–water partition coefficient (Wildman–Crippen LogP) is 2.34. The summed E-state index contributed by atoms with van der Waals surface area (Å²) < 4.78 is 32.3. The summed E-state index contributed by atoms with van der Waals surface area (Å²) in [5, 5.41) is 11.3. The zero-order valence-electron chi connectivity index (χ0n) is 9.61. The Morgan fingerprint density at radius 3 is 2.53 bits per heavy atom. The van der Waals surface area contributed by atoms with Gasteiger partial charge < -0.3 is 5.11 Å². The summed E-state index contributed by atoms with van der Waals surface area (Å²) in [4.78, 5) is 3.47. The Morgan fingerprint density at radius 1 is 1.05 bits per heavy atom. The van der Waals surface area contributed by atoms with E-state index in [1.165, 1.54) is 0 Å². The maximum Gasteiger partial charge on any atom is 0.298 e. The Balaban J connectivity index is 2.67. The molecule has 0 atom stereocenters. The van der Waals surface area contributed by atoms with Crippen molar-refractivity contribution < 1.29 is 18.1 Å². The fraction of sp³-hybridized carbons (Fsp3) is 0. The minimum absolute atomic E-state index is 0.223. The van der Waals surface area contributed by atoms with Gasteiger partial charge >= 0.3 is 0 Å². The van der Waals surface area contributed by atoms with Gasteiger partial charge in [0.1, 0.15) is 4.90 Å². The Hall–Kier alpha value is -2.18. The predicted molar refractivity (Wildman–Crippen MR) is 70.7 cm³/mol. The smallest absolute Gasteiger partial charge is 0.298 e. The zero-order valence-corrected chi connectivity index (χ0v) is 10.4. The number of aromatic hydroxyl groups is 1. The molecular weight excluding hydrogens is 266 g/mol. The van der Waals surface area contributed by atoms with E-state index in [0.29, 0.717) is 10.9 Å². The molecule has 0 aliphatic carbocycles. The number of pyridine rings is 1. The molecule has 0 bridgehead atoms. The van der Waals surface area contributed by atoms with Crippen LogP contribution in [0.3, 0.4) is 0 Å². The molecule has 3 aromatic rings. The maximum atomic E-state index is 11.5. The van der Waals surface area contributed by atoms with E-state index < -0.39 is 20.8 Å². The van der Waals surface area contributed by atoms with Gasteiger partial charge in [-0.3, -0.25) is 9.54 Å². The van der Waals surface area contributed by atoms with Crippen molar-refractivity contribution in [3.05, 3.63) is 42.6 Å². The number of nitrogens with zero attached hydrogens (tertiary/aromatic N) is 1. The maximum absolute atomic E-state index is 11.5. The highest BCUT2D eigenvalue weighted by Gasteiger charge is 2.21. The van der Waals surface area contributed by atoms with Crippen LogP contribution in [0, 0.1) is 0 Å². The fourth-order valence-electron chi connectivity index (χ4n) is 2.18. The van der Waals surface area contributed by atoms with Crippen LogP contribution in [-0.2, 0) is 10.1 Å². The molecule has 5 nitrogen and oxygen atoms in total. The van der Waals surface area contributed by atoms with Crippen molar-refractivity contribution in [1.82, 2.24) is 4.98 Å². The molecule has 0 aliphatic rings. The standard InChI is InChI=1S/C13H9NO4S/c15-11-7-14-10-6-5-8-3-1-2-4-9(8)12(10)13(11)19(16,17)18/h1-7,15H,(H,16,17,18). The van der Waals surface area contributed by atoms with Crippen LogP contribution in [-0.4, -0.2) is 23.1 Å². The first-order valence-corrected chi connectivity index (χ1v) is 6.89. The SMILES string of the molecule is O=S(=O)(O)c1c(O)cnc2ccc3ccccc3c12. The number of hydrogen-bond donors (Lipinski definition) is 2. The number of benzene rings is 2. The topological polar surface area (TPSA) is 87.5 Å². The lowest BCUT2D eigenvalue weighted by Gasteiger charge is -2.08. The lowest BCUT2D eigenvalue weighted by Crippen LogP contribution is -2.01. The first-order chi connectivity index (χ1) is 8.98. The van der Waals surface area contributed by atoms with Crippen LogP contribution in [0.15, 0.2) is 47.5 Å². The van der Waals surface area contributed by atoms with Gasteiger partial charge in [-0.05, 0) is 16.8 Å². The summed E-state index contributed by atoms with van der Waals surface area (Å²) in [6.07, 6.45) is 1.01. The largest absolute Gasteiger partial charge is 0.505 e. The van der Waals surface area contributed by atoms with Crippen molar-refractivity contribution >= 4 is 31.8 Å². The van der Waals surface area contributed by atoms with Gasteiger partial charge in [-0.1, -0.05) is 30.3 Å². The highest BCUT2D eigenvalue weighted by Crippen LogP contribution is 2.34. The molecule has 2 aromatic carbocycles. The molecule has 0 saturated heterocycles. The van der Waals surface area contributed by atoms with Crippen LogP contribution in [0.4, 0.5) is 0 Å². The molecule has 0 unspecified atom stereocenters. The molecule has 0 saturated carbocycles. The monoisotopic (exact) mass is 275 g/mol. The molecule has 1 heterocycles. The lowest BCUT2D eigenvalue weighted by molar-refractivity contribution is 0.444. The van der Waals surface area contributed by atoms with Crippen molar-refractivity contribution in [1.29, 1.82) is 0 Å². The van der Waals surface area contributed by atoms with E-state index in [1.807, 2.05) is 12.1 Å². The number of rotatable bonds is 1. The minimum atomic E-state index is -4.54. The van der Waals surface area contributed by atoms with Gasteiger partial charge in [-0.25, -0.2) is 0 Å². The Morgan fingerprint density at radius 2 is 1.79 bits per heavy atom. The van der Waals surface area contributed by atoms with Crippen molar-refractivity contribution in [2.75, 3.05) is 0 Å². The number of hydrogen-bond acceptors (Lipinski definition) is 4. The third-order valence-corrected chi connectivity index (χ3v) is 3.88. The molecule has 0 aliphatic heterocycles. The van der Waals surface area contributed by atoms with E-state index in [4.69, 9.17) is 0 Å².